The second kappa shape index (κ2) is 8.50. The quantitative estimate of drug-likeness (QED) is 0.544. The summed E-state index contributed by atoms with van der Waals surface area (Å²) in [5, 5.41) is 11.8. The maximum atomic E-state index is 11.6. The molecule has 0 radical (unpaired) electrons. The number of carbonyl (C=O) groups is 1. The monoisotopic (exact) mass is 232 g/mol. The number of hydrogen-bond acceptors (Lipinski definition) is 4. The number of rotatable bonds is 8. The molecule has 0 aromatic carbocycles. The maximum Gasteiger partial charge on any atom is 0.237 e. The van der Waals surface area contributed by atoms with Crippen LogP contribution in [0, 0.1) is 5.92 Å². The summed E-state index contributed by atoms with van der Waals surface area (Å²) < 4.78 is 4.85. The standard InChI is InChI=1S/C11H24N2O3/c1-8(2)6-9(7-14)13-11(15)10(12)4-5-16-3/h8-10,14H,4-7,12H2,1-3H3,(H,13,15). The second-order valence-corrected chi connectivity index (χ2v) is 4.41. The normalized spacial score (nSPS) is 14.9. The molecule has 96 valence electrons. The molecule has 16 heavy (non-hydrogen) atoms. The molecule has 0 spiro atoms. The van der Waals surface area contributed by atoms with Crippen molar-refractivity contribution in [2.45, 2.75) is 38.8 Å². The van der Waals surface area contributed by atoms with E-state index in [1.807, 2.05) is 13.8 Å². The first-order valence-electron chi connectivity index (χ1n) is 5.67. The molecule has 2 atom stereocenters. The Labute approximate surface area is 97.3 Å². The summed E-state index contributed by atoms with van der Waals surface area (Å²) in [5.41, 5.74) is 5.66. The lowest BCUT2D eigenvalue weighted by atomic mass is 10.0. The van der Waals surface area contributed by atoms with Gasteiger partial charge < -0.3 is 20.9 Å². The van der Waals surface area contributed by atoms with Crippen molar-refractivity contribution in [3.05, 3.63) is 0 Å². The van der Waals surface area contributed by atoms with Gasteiger partial charge >= 0.3 is 0 Å². The first-order valence-corrected chi connectivity index (χ1v) is 5.67. The second-order valence-electron chi connectivity index (χ2n) is 4.41. The number of carbonyl (C=O) groups excluding carboxylic acids is 1. The topological polar surface area (TPSA) is 84.6 Å². The van der Waals surface area contributed by atoms with E-state index in [4.69, 9.17) is 15.6 Å². The van der Waals surface area contributed by atoms with Crippen LogP contribution in [-0.4, -0.2) is 43.4 Å². The summed E-state index contributed by atoms with van der Waals surface area (Å²) in [6.45, 7) is 4.49. The number of amides is 1. The molecule has 0 rings (SSSR count). The van der Waals surface area contributed by atoms with Crippen molar-refractivity contribution in [1.82, 2.24) is 5.32 Å². The number of nitrogens with one attached hydrogen (secondary N) is 1. The van der Waals surface area contributed by atoms with E-state index in [0.29, 0.717) is 18.9 Å². The lowest BCUT2D eigenvalue weighted by Crippen LogP contribution is -2.47. The van der Waals surface area contributed by atoms with Gasteiger partial charge in [-0.05, 0) is 18.8 Å². The van der Waals surface area contributed by atoms with Gasteiger partial charge in [-0.3, -0.25) is 4.79 Å². The first-order chi connectivity index (χ1) is 7.51. The summed E-state index contributed by atoms with van der Waals surface area (Å²) in [5.74, 6) is 0.199. The maximum absolute atomic E-state index is 11.6. The van der Waals surface area contributed by atoms with Crippen LogP contribution in [0.25, 0.3) is 0 Å². The van der Waals surface area contributed by atoms with Gasteiger partial charge in [0, 0.05) is 13.7 Å². The molecule has 0 aliphatic rings. The van der Waals surface area contributed by atoms with Gasteiger partial charge in [-0.2, -0.15) is 0 Å². The van der Waals surface area contributed by atoms with Gasteiger partial charge in [-0.25, -0.2) is 0 Å². The van der Waals surface area contributed by atoms with Gasteiger partial charge in [-0.15, -0.1) is 0 Å². The van der Waals surface area contributed by atoms with Gasteiger partial charge in [0.05, 0.1) is 18.7 Å². The number of ether oxygens (including phenoxy) is 1. The number of hydrogen-bond donors (Lipinski definition) is 3. The zero-order valence-corrected chi connectivity index (χ0v) is 10.4. The van der Waals surface area contributed by atoms with Crippen LogP contribution >= 0.6 is 0 Å². The van der Waals surface area contributed by atoms with E-state index in [2.05, 4.69) is 5.32 Å². The minimum Gasteiger partial charge on any atom is -0.394 e. The number of nitrogens with two attached hydrogens (primary N) is 1. The Bertz CT molecular complexity index is 198. The largest absolute Gasteiger partial charge is 0.394 e. The molecule has 0 saturated carbocycles. The SMILES string of the molecule is COCCC(N)C(=O)NC(CO)CC(C)C. The van der Waals surface area contributed by atoms with Gasteiger partial charge in [0.1, 0.15) is 0 Å². The molecule has 1 amide bonds. The Morgan fingerprint density at radius 1 is 1.50 bits per heavy atom. The van der Waals surface area contributed by atoms with Gasteiger partial charge in [0.25, 0.3) is 0 Å². The summed E-state index contributed by atoms with van der Waals surface area (Å²) >= 11 is 0. The summed E-state index contributed by atoms with van der Waals surface area (Å²) in [6, 6.07) is -0.776. The molecule has 0 aliphatic carbocycles. The van der Waals surface area contributed by atoms with Crippen LogP contribution in [-0.2, 0) is 9.53 Å². The van der Waals surface area contributed by atoms with E-state index in [1.165, 1.54) is 0 Å². The Kier molecular flexibility index (Phi) is 8.15. The van der Waals surface area contributed by atoms with Crippen molar-refractivity contribution in [1.29, 1.82) is 0 Å². The molecule has 0 aliphatic heterocycles. The molecule has 5 heteroatoms. The molecular formula is C11H24N2O3. The Hall–Kier alpha value is -0.650. The van der Waals surface area contributed by atoms with Crippen molar-refractivity contribution < 1.29 is 14.6 Å². The van der Waals surface area contributed by atoms with Crippen molar-refractivity contribution in [2.24, 2.45) is 11.7 Å². The zero-order chi connectivity index (χ0) is 12.6. The molecule has 0 bridgehead atoms. The fourth-order valence-corrected chi connectivity index (χ4v) is 1.43. The molecule has 4 N–H and O–H groups in total. The van der Waals surface area contributed by atoms with Crippen molar-refractivity contribution in [3.8, 4) is 0 Å². The van der Waals surface area contributed by atoms with Crippen LogP contribution in [0.1, 0.15) is 26.7 Å². The first kappa shape index (κ1) is 15.3. The molecule has 0 aromatic heterocycles. The molecule has 5 nitrogen and oxygen atoms in total. The molecule has 0 saturated heterocycles. The Balaban J connectivity index is 3.98. The van der Waals surface area contributed by atoms with Crippen molar-refractivity contribution in [2.75, 3.05) is 20.3 Å². The van der Waals surface area contributed by atoms with Crippen molar-refractivity contribution in [3.63, 3.8) is 0 Å². The number of aliphatic hydroxyl groups is 1. The Morgan fingerprint density at radius 3 is 2.56 bits per heavy atom. The van der Waals surface area contributed by atoms with Crippen LogP contribution in [0.3, 0.4) is 0 Å². The van der Waals surface area contributed by atoms with Crippen LogP contribution in [0.5, 0.6) is 0 Å². The van der Waals surface area contributed by atoms with E-state index < -0.39 is 6.04 Å². The van der Waals surface area contributed by atoms with Gasteiger partial charge in [0.15, 0.2) is 0 Å². The van der Waals surface area contributed by atoms with Crippen LogP contribution in [0.2, 0.25) is 0 Å². The third-order valence-electron chi connectivity index (χ3n) is 2.29. The van der Waals surface area contributed by atoms with E-state index in [1.54, 1.807) is 7.11 Å². The van der Waals surface area contributed by atoms with Crippen molar-refractivity contribution >= 4 is 5.91 Å². The molecular weight excluding hydrogens is 208 g/mol. The predicted molar refractivity (Wildman–Crippen MR) is 62.9 cm³/mol. The lowest BCUT2D eigenvalue weighted by molar-refractivity contribution is -0.123. The van der Waals surface area contributed by atoms with Gasteiger partial charge in [-0.1, -0.05) is 13.8 Å². The lowest BCUT2D eigenvalue weighted by Gasteiger charge is -2.20. The highest BCUT2D eigenvalue weighted by molar-refractivity contribution is 5.81. The van der Waals surface area contributed by atoms with Gasteiger partial charge in [0.2, 0.25) is 5.91 Å². The predicted octanol–water partition coefficient (Wildman–Crippen LogP) is -0.127. The fourth-order valence-electron chi connectivity index (χ4n) is 1.43. The zero-order valence-electron chi connectivity index (χ0n) is 10.4. The van der Waals surface area contributed by atoms with E-state index in [-0.39, 0.29) is 18.6 Å². The minimum absolute atomic E-state index is 0.0546. The van der Waals surface area contributed by atoms with Crippen LogP contribution in [0.15, 0.2) is 0 Å². The highest BCUT2D eigenvalue weighted by Gasteiger charge is 2.18. The van der Waals surface area contributed by atoms with Crippen LogP contribution in [0.4, 0.5) is 0 Å². The van der Waals surface area contributed by atoms with E-state index >= 15 is 0 Å². The fraction of sp³-hybridized carbons (Fsp3) is 0.909. The number of aliphatic hydroxyl groups excluding tert-OH is 1. The summed E-state index contributed by atoms with van der Waals surface area (Å²) in [6.07, 6.45) is 1.24. The van der Waals surface area contributed by atoms with E-state index in [0.717, 1.165) is 6.42 Å². The third kappa shape index (κ3) is 6.76. The molecule has 0 heterocycles. The average Bonchev–Trinajstić information content (AvgIpc) is 2.23. The van der Waals surface area contributed by atoms with E-state index in [9.17, 15) is 4.79 Å². The smallest absolute Gasteiger partial charge is 0.237 e. The molecule has 2 unspecified atom stereocenters. The molecule has 0 fully saturated rings. The summed E-state index contributed by atoms with van der Waals surface area (Å²) in [4.78, 5) is 11.6. The molecule has 0 aromatic rings. The third-order valence-corrected chi connectivity index (χ3v) is 2.29. The average molecular weight is 232 g/mol. The highest BCUT2D eigenvalue weighted by atomic mass is 16.5. The highest BCUT2D eigenvalue weighted by Crippen LogP contribution is 2.04. The number of methoxy groups -OCH3 is 1. The summed E-state index contributed by atoms with van der Waals surface area (Å²) in [7, 11) is 1.57. The Morgan fingerprint density at radius 2 is 2.12 bits per heavy atom. The van der Waals surface area contributed by atoms with Crippen LogP contribution < -0.4 is 11.1 Å². The minimum atomic E-state index is -0.568.